The van der Waals surface area contributed by atoms with E-state index in [1.165, 1.54) is 18.2 Å². The first kappa shape index (κ1) is 15.9. The Morgan fingerprint density at radius 2 is 1.86 bits per heavy atom. The molecular formula is C14H18FNO4S. The highest BCUT2D eigenvalue weighted by Gasteiger charge is 2.39. The summed E-state index contributed by atoms with van der Waals surface area (Å²) < 4.78 is 40.9. The Labute approximate surface area is 123 Å². The van der Waals surface area contributed by atoms with Crippen molar-refractivity contribution in [2.24, 2.45) is 0 Å². The van der Waals surface area contributed by atoms with Crippen LogP contribution >= 0.6 is 0 Å². The molecule has 5 nitrogen and oxygen atoms in total. The largest absolute Gasteiger partial charge is 0.481 e. The van der Waals surface area contributed by atoms with Gasteiger partial charge in [0.1, 0.15) is 10.7 Å². The molecule has 0 radical (unpaired) electrons. The predicted molar refractivity (Wildman–Crippen MR) is 74.8 cm³/mol. The van der Waals surface area contributed by atoms with Crippen molar-refractivity contribution in [3.8, 4) is 0 Å². The Bertz CT molecular complexity index is 624. The highest BCUT2D eigenvalue weighted by atomic mass is 32.2. The number of halogens is 1. The van der Waals surface area contributed by atoms with Crippen LogP contribution in [-0.2, 0) is 14.8 Å². The molecule has 1 aromatic rings. The van der Waals surface area contributed by atoms with Gasteiger partial charge in [0.15, 0.2) is 0 Å². The van der Waals surface area contributed by atoms with Crippen molar-refractivity contribution in [1.29, 1.82) is 0 Å². The van der Waals surface area contributed by atoms with Crippen LogP contribution in [0.3, 0.4) is 0 Å². The van der Waals surface area contributed by atoms with Gasteiger partial charge in [-0.05, 0) is 25.0 Å². The second-order valence-electron chi connectivity index (χ2n) is 5.45. The average Bonchev–Trinajstić information content (AvgIpc) is 2.38. The van der Waals surface area contributed by atoms with Crippen LogP contribution in [0.5, 0.6) is 0 Å². The van der Waals surface area contributed by atoms with E-state index < -0.39 is 32.2 Å². The first-order valence-corrected chi connectivity index (χ1v) is 8.33. The summed E-state index contributed by atoms with van der Waals surface area (Å²) in [5.41, 5.74) is -1.02. The maximum absolute atomic E-state index is 13.7. The Balaban J connectivity index is 2.31. The molecule has 2 N–H and O–H groups in total. The molecule has 0 aromatic heterocycles. The SMILES string of the molecule is O=C(O)CC1(NS(=O)(=O)c2ccccc2F)CCCCC1. The Morgan fingerprint density at radius 3 is 2.43 bits per heavy atom. The van der Waals surface area contributed by atoms with Gasteiger partial charge in [0.25, 0.3) is 0 Å². The van der Waals surface area contributed by atoms with Crippen molar-refractivity contribution in [2.45, 2.75) is 49.0 Å². The molecule has 1 aromatic carbocycles. The Hall–Kier alpha value is -1.47. The molecule has 0 saturated heterocycles. The number of carboxylic acid groups (broad SMARTS) is 1. The molecule has 1 fully saturated rings. The monoisotopic (exact) mass is 315 g/mol. The van der Waals surface area contributed by atoms with Crippen molar-refractivity contribution in [2.75, 3.05) is 0 Å². The average molecular weight is 315 g/mol. The van der Waals surface area contributed by atoms with E-state index in [9.17, 15) is 17.6 Å². The number of rotatable bonds is 5. The summed E-state index contributed by atoms with van der Waals surface area (Å²) in [7, 11) is -4.08. The molecule has 1 aliphatic carbocycles. The molecule has 0 spiro atoms. The van der Waals surface area contributed by atoms with Gasteiger partial charge in [0, 0.05) is 5.54 Å². The molecule has 1 aliphatic rings. The van der Waals surface area contributed by atoms with Gasteiger partial charge in [-0.15, -0.1) is 0 Å². The molecule has 0 bridgehead atoms. The molecule has 21 heavy (non-hydrogen) atoms. The summed E-state index contributed by atoms with van der Waals surface area (Å²) in [6.07, 6.45) is 3.07. The topological polar surface area (TPSA) is 83.5 Å². The van der Waals surface area contributed by atoms with E-state index in [-0.39, 0.29) is 6.42 Å². The van der Waals surface area contributed by atoms with E-state index >= 15 is 0 Å². The van der Waals surface area contributed by atoms with E-state index in [4.69, 9.17) is 5.11 Å². The van der Waals surface area contributed by atoms with Gasteiger partial charge in [-0.1, -0.05) is 31.4 Å². The van der Waals surface area contributed by atoms with E-state index in [0.717, 1.165) is 25.3 Å². The summed E-state index contributed by atoms with van der Waals surface area (Å²) in [6, 6.07) is 5.08. The minimum Gasteiger partial charge on any atom is -0.481 e. The van der Waals surface area contributed by atoms with Gasteiger partial charge >= 0.3 is 5.97 Å². The first-order chi connectivity index (χ1) is 9.85. The third-order valence-electron chi connectivity index (χ3n) is 3.78. The zero-order valence-corrected chi connectivity index (χ0v) is 12.3. The van der Waals surface area contributed by atoms with E-state index in [1.54, 1.807) is 0 Å². The van der Waals surface area contributed by atoms with E-state index in [0.29, 0.717) is 12.8 Å². The molecule has 0 amide bonds. The zero-order chi connectivity index (χ0) is 15.5. The fourth-order valence-corrected chi connectivity index (χ4v) is 4.37. The normalized spacial score (nSPS) is 18.3. The van der Waals surface area contributed by atoms with Gasteiger partial charge in [-0.2, -0.15) is 0 Å². The fraction of sp³-hybridized carbons (Fsp3) is 0.500. The number of hydrogen-bond donors (Lipinski definition) is 2. The Kier molecular flexibility index (Phi) is 4.63. The second kappa shape index (κ2) is 6.11. The van der Waals surface area contributed by atoms with Crippen molar-refractivity contribution < 1.29 is 22.7 Å². The molecule has 116 valence electrons. The number of aliphatic carboxylic acids is 1. The molecule has 0 aliphatic heterocycles. The van der Waals surface area contributed by atoms with Crippen LogP contribution in [0, 0.1) is 5.82 Å². The maximum Gasteiger partial charge on any atom is 0.305 e. The van der Waals surface area contributed by atoms with Crippen LogP contribution in [0.1, 0.15) is 38.5 Å². The lowest BCUT2D eigenvalue weighted by Gasteiger charge is -2.36. The minimum absolute atomic E-state index is 0.291. The molecular weight excluding hydrogens is 297 g/mol. The maximum atomic E-state index is 13.7. The van der Waals surface area contributed by atoms with Crippen molar-refractivity contribution in [1.82, 2.24) is 4.72 Å². The quantitative estimate of drug-likeness (QED) is 0.873. The number of nitrogens with one attached hydrogen (secondary N) is 1. The molecule has 0 unspecified atom stereocenters. The first-order valence-electron chi connectivity index (χ1n) is 6.85. The van der Waals surface area contributed by atoms with Gasteiger partial charge in [-0.3, -0.25) is 4.79 Å². The van der Waals surface area contributed by atoms with Gasteiger partial charge in [0.05, 0.1) is 6.42 Å². The number of benzene rings is 1. The standard InChI is InChI=1S/C14H18FNO4S/c15-11-6-2-3-7-12(11)21(19,20)16-14(10-13(17)18)8-4-1-5-9-14/h2-3,6-7,16H,1,4-5,8-10H2,(H,17,18). The number of carbonyl (C=O) groups is 1. The summed E-state index contributed by atoms with van der Waals surface area (Å²) >= 11 is 0. The number of sulfonamides is 1. The van der Waals surface area contributed by atoms with Crippen LogP contribution < -0.4 is 4.72 Å². The van der Waals surface area contributed by atoms with Gasteiger partial charge < -0.3 is 5.11 Å². The third-order valence-corrected chi connectivity index (χ3v) is 5.39. The molecule has 2 rings (SSSR count). The summed E-state index contributed by atoms with van der Waals surface area (Å²) in [4.78, 5) is 10.6. The van der Waals surface area contributed by atoms with Crippen LogP contribution in [0.4, 0.5) is 4.39 Å². The Morgan fingerprint density at radius 1 is 1.24 bits per heavy atom. The van der Waals surface area contributed by atoms with Crippen LogP contribution in [0.2, 0.25) is 0 Å². The summed E-state index contributed by atoms with van der Waals surface area (Å²) in [6.45, 7) is 0. The number of hydrogen-bond acceptors (Lipinski definition) is 3. The van der Waals surface area contributed by atoms with E-state index in [1.807, 2.05) is 0 Å². The second-order valence-corrected chi connectivity index (χ2v) is 7.10. The van der Waals surface area contributed by atoms with Crippen molar-refractivity contribution >= 4 is 16.0 Å². The predicted octanol–water partition coefficient (Wildman–Crippen LogP) is 2.28. The lowest BCUT2D eigenvalue weighted by molar-refractivity contribution is -0.138. The smallest absolute Gasteiger partial charge is 0.305 e. The third kappa shape index (κ3) is 3.79. The highest BCUT2D eigenvalue weighted by Crippen LogP contribution is 2.33. The highest BCUT2D eigenvalue weighted by molar-refractivity contribution is 7.89. The van der Waals surface area contributed by atoms with Crippen molar-refractivity contribution in [3.63, 3.8) is 0 Å². The molecule has 0 heterocycles. The van der Waals surface area contributed by atoms with E-state index in [2.05, 4.69) is 4.72 Å². The van der Waals surface area contributed by atoms with Gasteiger partial charge in [-0.25, -0.2) is 17.5 Å². The van der Waals surface area contributed by atoms with Crippen LogP contribution in [0.25, 0.3) is 0 Å². The lowest BCUT2D eigenvalue weighted by atomic mass is 9.80. The lowest BCUT2D eigenvalue weighted by Crippen LogP contribution is -2.51. The van der Waals surface area contributed by atoms with Crippen LogP contribution in [0.15, 0.2) is 29.2 Å². The summed E-state index contributed by atoms with van der Waals surface area (Å²) in [5.74, 6) is -1.90. The van der Waals surface area contributed by atoms with Gasteiger partial charge in [0.2, 0.25) is 10.0 Å². The van der Waals surface area contributed by atoms with Crippen LogP contribution in [-0.4, -0.2) is 25.0 Å². The zero-order valence-electron chi connectivity index (χ0n) is 11.5. The summed E-state index contributed by atoms with van der Waals surface area (Å²) in [5, 5.41) is 9.04. The molecule has 0 atom stereocenters. The minimum atomic E-state index is -4.08. The fourth-order valence-electron chi connectivity index (χ4n) is 2.84. The molecule has 7 heteroatoms. The van der Waals surface area contributed by atoms with Crippen molar-refractivity contribution in [3.05, 3.63) is 30.1 Å². The molecule has 1 saturated carbocycles. The number of carboxylic acids is 1.